The minimum atomic E-state index is -4.71. The number of rotatable bonds is 5. The summed E-state index contributed by atoms with van der Waals surface area (Å²) in [6.07, 6.45) is -7.24. The molecule has 1 aromatic rings. The molecule has 0 saturated heterocycles. The minimum Gasteiger partial charge on any atom is -0.497 e. The Labute approximate surface area is 102 Å². The van der Waals surface area contributed by atoms with Crippen molar-refractivity contribution in [1.82, 2.24) is 0 Å². The molecule has 7 heteroatoms. The van der Waals surface area contributed by atoms with Crippen LogP contribution in [0, 0.1) is 0 Å². The van der Waals surface area contributed by atoms with Crippen LogP contribution < -0.4 is 15.2 Å². The van der Waals surface area contributed by atoms with E-state index in [0.29, 0.717) is 11.3 Å². The molecule has 1 unspecified atom stereocenters. The van der Waals surface area contributed by atoms with E-state index in [4.69, 9.17) is 20.3 Å². The van der Waals surface area contributed by atoms with E-state index in [-0.39, 0.29) is 12.3 Å². The second kappa shape index (κ2) is 5.92. The number of benzene rings is 1. The van der Waals surface area contributed by atoms with Gasteiger partial charge in [0.1, 0.15) is 18.1 Å². The molecule has 0 bridgehead atoms. The van der Waals surface area contributed by atoms with Gasteiger partial charge in [-0.25, -0.2) is 0 Å². The number of aliphatic hydroxyl groups is 1. The van der Waals surface area contributed by atoms with Crippen LogP contribution in [0.1, 0.15) is 5.56 Å². The van der Waals surface area contributed by atoms with E-state index in [1.165, 1.54) is 13.2 Å². The molecule has 3 N–H and O–H groups in total. The van der Waals surface area contributed by atoms with Crippen molar-refractivity contribution in [1.29, 1.82) is 0 Å². The van der Waals surface area contributed by atoms with Crippen LogP contribution in [0.25, 0.3) is 0 Å². The highest BCUT2D eigenvalue weighted by Gasteiger charge is 2.38. The van der Waals surface area contributed by atoms with Crippen LogP contribution in [0.15, 0.2) is 18.2 Å². The summed E-state index contributed by atoms with van der Waals surface area (Å²) < 4.78 is 46.2. The van der Waals surface area contributed by atoms with Gasteiger partial charge in [0.25, 0.3) is 0 Å². The van der Waals surface area contributed by atoms with Gasteiger partial charge in [-0.15, -0.1) is 0 Å². The smallest absolute Gasteiger partial charge is 0.417 e. The van der Waals surface area contributed by atoms with E-state index >= 15 is 0 Å². The second-order valence-electron chi connectivity index (χ2n) is 3.55. The Balaban J connectivity index is 2.77. The molecule has 0 heterocycles. The molecule has 4 nitrogen and oxygen atoms in total. The maximum atomic E-state index is 12.1. The molecule has 0 radical (unpaired) electrons. The largest absolute Gasteiger partial charge is 0.497 e. The zero-order valence-electron chi connectivity index (χ0n) is 9.70. The maximum Gasteiger partial charge on any atom is 0.417 e. The van der Waals surface area contributed by atoms with Crippen LogP contribution in [0.3, 0.4) is 0 Å². The number of aliphatic hydroxyl groups excluding tert-OH is 1. The third-order valence-corrected chi connectivity index (χ3v) is 2.27. The SMILES string of the molecule is COc1ccc(CN)c(OCC(O)C(F)(F)F)c1. The summed E-state index contributed by atoms with van der Waals surface area (Å²) in [5, 5.41) is 8.82. The van der Waals surface area contributed by atoms with Gasteiger partial charge in [0.05, 0.1) is 7.11 Å². The lowest BCUT2D eigenvalue weighted by Crippen LogP contribution is -2.34. The normalized spacial score (nSPS) is 13.2. The molecular weight excluding hydrogens is 251 g/mol. The van der Waals surface area contributed by atoms with E-state index in [9.17, 15) is 13.2 Å². The summed E-state index contributed by atoms with van der Waals surface area (Å²) in [6.45, 7) is -0.773. The molecule has 18 heavy (non-hydrogen) atoms. The van der Waals surface area contributed by atoms with Gasteiger partial charge in [0, 0.05) is 18.2 Å². The maximum absolute atomic E-state index is 12.1. The van der Waals surface area contributed by atoms with E-state index in [1.807, 2.05) is 0 Å². The highest BCUT2D eigenvalue weighted by Crippen LogP contribution is 2.26. The zero-order chi connectivity index (χ0) is 13.8. The third-order valence-electron chi connectivity index (χ3n) is 2.27. The van der Waals surface area contributed by atoms with Crippen molar-refractivity contribution in [2.24, 2.45) is 5.73 Å². The number of halogens is 3. The first-order chi connectivity index (χ1) is 8.38. The number of methoxy groups -OCH3 is 1. The van der Waals surface area contributed by atoms with E-state index in [1.54, 1.807) is 12.1 Å². The molecule has 1 atom stereocenters. The lowest BCUT2D eigenvalue weighted by atomic mass is 10.2. The number of hydrogen-bond acceptors (Lipinski definition) is 4. The Bertz CT molecular complexity index is 396. The highest BCUT2D eigenvalue weighted by molar-refractivity contribution is 5.40. The predicted octanol–water partition coefficient (Wildman–Crippen LogP) is 1.46. The summed E-state index contributed by atoms with van der Waals surface area (Å²) in [6, 6.07) is 4.63. The van der Waals surface area contributed by atoms with E-state index in [0.717, 1.165) is 0 Å². The summed E-state index contributed by atoms with van der Waals surface area (Å²) in [5.74, 6) is 0.601. The van der Waals surface area contributed by atoms with Gasteiger partial charge >= 0.3 is 6.18 Å². The Morgan fingerprint density at radius 3 is 2.56 bits per heavy atom. The van der Waals surface area contributed by atoms with Crippen molar-refractivity contribution in [3.8, 4) is 11.5 Å². The molecule has 0 fully saturated rings. The summed E-state index contributed by atoms with van der Waals surface area (Å²) in [7, 11) is 1.42. The molecule has 0 spiro atoms. The van der Waals surface area contributed by atoms with Crippen molar-refractivity contribution in [3.05, 3.63) is 23.8 Å². The van der Waals surface area contributed by atoms with Crippen LogP contribution in [-0.4, -0.2) is 31.1 Å². The molecule has 0 amide bonds. The van der Waals surface area contributed by atoms with Gasteiger partial charge in [-0.2, -0.15) is 13.2 Å². The standard InChI is InChI=1S/C11H14F3NO3/c1-17-8-3-2-7(5-15)9(4-8)18-6-10(16)11(12,13)14/h2-4,10,16H,5-6,15H2,1H3. The molecule has 102 valence electrons. The minimum absolute atomic E-state index is 0.113. The summed E-state index contributed by atoms with van der Waals surface area (Å²) in [5.41, 5.74) is 5.96. The molecule has 0 aliphatic rings. The molecule has 1 rings (SSSR count). The average molecular weight is 265 g/mol. The van der Waals surface area contributed by atoms with Crippen LogP contribution in [-0.2, 0) is 6.54 Å². The molecule has 0 aromatic heterocycles. The molecule has 0 saturated carbocycles. The molecule has 0 aliphatic heterocycles. The van der Waals surface area contributed by atoms with Gasteiger partial charge in [0.15, 0.2) is 6.10 Å². The molecule has 1 aromatic carbocycles. The average Bonchev–Trinajstić information content (AvgIpc) is 2.34. The Kier molecular flexibility index (Phi) is 4.80. The second-order valence-corrected chi connectivity index (χ2v) is 3.55. The van der Waals surface area contributed by atoms with Crippen molar-refractivity contribution < 1.29 is 27.8 Å². The quantitative estimate of drug-likeness (QED) is 0.846. The number of hydrogen-bond donors (Lipinski definition) is 2. The van der Waals surface area contributed by atoms with Crippen molar-refractivity contribution in [2.45, 2.75) is 18.8 Å². The van der Waals surface area contributed by atoms with Crippen molar-refractivity contribution in [2.75, 3.05) is 13.7 Å². The first-order valence-corrected chi connectivity index (χ1v) is 5.13. The Morgan fingerprint density at radius 2 is 2.06 bits per heavy atom. The first-order valence-electron chi connectivity index (χ1n) is 5.13. The van der Waals surface area contributed by atoms with E-state index < -0.39 is 18.9 Å². The summed E-state index contributed by atoms with van der Waals surface area (Å²) in [4.78, 5) is 0. The first kappa shape index (κ1) is 14.6. The van der Waals surface area contributed by atoms with Crippen LogP contribution in [0.4, 0.5) is 13.2 Å². The Hall–Kier alpha value is -1.47. The lowest BCUT2D eigenvalue weighted by Gasteiger charge is -2.17. The fourth-order valence-corrected chi connectivity index (χ4v) is 1.23. The lowest BCUT2D eigenvalue weighted by molar-refractivity contribution is -0.210. The fourth-order valence-electron chi connectivity index (χ4n) is 1.23. The van der Waals surface area contributed by atoms with Crippen LogP contribution in [0.5, 0.6) is 11.5 Å². The predicted molar refractivity (Wildman–Crippen MR) is 58.4 cm³/mol. The number of nitrogens with two attached hydrogens (primary N) is 1. The summed E-state index contributed by atoms with van der Waals surface area (Å²) >= 11 is 0. The highest BCUT2D eigenvalue weighted by atomic mass is 19.4. The van der Waals surface area contributed by atoms with E-state index in [2.05, 4.69) is 0 Å². The van der Waals surface area contributed by atoms with Gasteiger partial charge in [-0.1, -0.05) is 6.07 Å². The van der Waals surface area contributed by atoms with Crippen LogP contribution >= 0.6 is 0 Å². The van der Waals surface area contributed by atoms with Gasteiger partial charge < -0.3 is 20.3 Å². The Morgan fingerprint density at radius 1 is 1.39 bits per heavy atom. The van der Waals surface area contributed by atoms with Crippen LogP contribution in [0.2, 0.25) is 0 Å². The number of ether oxygens (including phenoxy) is 2. The van der Waals surface area contributed by atoms with Crippen molar-refractivity contribution >= 4 is 0 Å². The number of alkyl halides is 3. The monoisotopic (exact) mass is 265 g/mol. The molecule has 0 aliphatic carbocycles. The third kappa shape index (κ3) is 3.78. The van der Waals surface area contributed by atoms with Crippen molar-refractivity contribution in [3.63, 3.8) is 0 Å². The molecular formula is C11H14F3NO3. The topological polar surface area (TPSA) is 64.7 Å². The zero-order valence-corrected chi connectivity index (χ0v) is 9.70. The fraction of sp³-hybridized carbons (Fsp3) is 0.455. The van der Waals surface area contributed by atoms with Gasteiger partial charge in [-0.05, 0) is 6.07 Å². The van der Waals surface area contributed by atoms with Gasteiger partial charge in [-0.3, -0.25) is 0 Å². The van der Waals surface area contributed by atoms with Gasteiger partial charge in [0.2, 0.25) is 0 Å².